The van der Waals surface area contributed by atoms with E-state index in [1.54, 1.807) is 36.4 Å². The third-order valence-corrected chi connectivity index (χ3v) is 4.09. The van der Waals surface area contributed by atoms with Crippen molar-refractivity contribution in [1.82, 2.24) is 0 Å². The molecule has 2 rings (SSSR count). The van der Waals surface area contributed by atoms with E-state index in [1.165, 1.54) is 25.3 Å². The fourth-order valence-electron chi connectivity index (χ4n) is 2.55. The zero-order chi connectivity index (χ0) is 18.6. The van der Waals surface area contributed by atoms with Crippen LogP contribution in [-0.2, 0) is 5.41 Å². The van der Waals surface area contributed by atoms with Crippen LogP contribution >= 0.6 is 0 Å². The van der Waals surface area contributed by atoms with Gasteiger partial charge >= 0.3 is 0 Å². The molecule has 2 N–H and O–H groups in total. The number of benzene rings is 2. The molecule has 0 aliphatic heterocycles. The molecule has 0 saturated heterocycles. The predicted molar refractivity (Wildman–Crippen MR) is 99.4 cm³/mol. The van der Waals surface area contributed by atoms with E-state index in [4.69, 9.17) is 4.74 Å². The third-order valence-electron chi connectivity index (χ3n) is 4.09. The second-order valence-corrected chi connectivity index (χ2v) is 6.25. The van der Waals surface area contributed by atoms with Crippen LogP contribution in [-0.4, -0.2) is 23.1 Å². The van der Waals surface area contributed by atoms with Gasteiger partial charge in [0.1, 0.15) is 17.2 Å². The van der Waals surface area contributed by atoms with Crippen molar-refractivity contribution in [1.29, 1.82) is 0 Å². The van der Waals surface area contributed by atoms with Crippen LogP contribution in [0.1, 0.15) is 35.3 Å². The Morgan fingerprint density at radius 3 is 2.32 bits per heavy atom. The van der Waals surface area contributed by atoms with E-state index in [2.05, 4.69) is 6.58 Å². The molecule has 0 radical (unpaired) electrons. The minimum Gasteiger partial charge on any atom is -0.508 e. The normalized spacial score (nSPS) is 11.5. The largest absolute Gasteiger partial charge is 0.508 e. The van der Waals surface area contributed by atoms with Crippen molar-refractivity contribution in [3.8, 4) is 17.2 Å². The lowest BCUT2D eigenvalue weighted by molar-refractivity contribution is 0.104. The topological polar surface area (TPSA) is 66.8 Å². The van der Waals surface area contributed by atoms with Crippen LogP contribution in [0.4, 0.5) is 0 Å². The van der Waals surface area contributed by atoms with Crippen LogP contribution < -0.4 is 4.74 Å². The van der Waals surface area contributed by atoms with Gasteiger partial charge < -0.3 is 14.9 Å². The number of hydrogen-bond acceptors (Lipinski definition) is 4. The first-order chi connectivity index (χ1) is 11.8. The Kier molecular flexibility index (Phi) is 5.32. The standard InChI is InChI=1S/C21H22O4/c1-5-21(2,3)19-18(24)13-9-15(20(19)25-4)8-12-17(23)14-6-10-16(22)11-7-14/h5-13,22,24H,1H2,2-4H3/b12-8+. The molecule has 2 aromatic carbocycles. The average molecular weight is 338 g/mol. The summed E-state index contributed by atoms with van der Waals surface area (Å²) < 4.78 is 5.50. The Balaban J connectivity index is 2.43. The van der Waals surface area contributed by atoms with Crippen LogP contribution in [0.2, 0.25) is 0 Å². The molecule has 0 unspecified atom stereocenters. The van der Waals surface area contributed by atoms with Gasteiger partial charge in [0.15, 0.2) is 5.78 Å². The van der Waals surface area contributed by atoms with Gasteiger partial charge in [-0.3, -0.25) is 4.79 Å². The second-order valence-electron chi connectivity index (χ2n) is 6.25. The number of aromatic hydroxyl groups is 2. The van der Waals surface area contributed by atoms with Gasteiger partial charge in [-0.2, -0.15) is 0 Å². The molecule has 2 aromatic rings. The highest BCUT2D eigenvalue weighted by atomic mass is 16.5. The second kappa shape index (κ2) is 7.26. The van der Waals surface area contributed by atoms with Gasteiger partial charge in [0.25, 0.3) is 0 Å². The van der Waals surface area contributed by atoms with E-state index in [9.17, 15) is 15.0 Å². The summed E-state index contributed by atoms with van der Waals surface area (Å²) in [5, 5.41) is 19.5. The van der Waals surface area contributed by atoms with Crippen LogP contribution in [0.5, 0.6) is 17.2 Å². The molecule has 130 valence electrons. The van der Waals surface area contributed by atoms with Crippen LogP contribution in [0.3, 0.4) is 0 Å². The SMILES string of the molecule is C=CC(C)(C)c1c(O)ccc(/C=C/C(=O)c2ccc(O)cc2)c1OC. The number of phenolic OH excluding ortho intramolecular Hbond substituents is 2. The quantitative estimate of drug-likeness (QED) is 0.463. The Hall–Kier alpha value is -3.01. The highest BCUT2D eigenvalue weighted by Gasteiger charge is 2.26. The number of ketones is 1. The maximum Gasteiger partial charge on any atom is 0.185 e. The first-order valence-electron chi connectivity index (χ1n) is 7.85. The molecule has 0 amide bonds. The number of carbonyl (C=O) groups is 1. The smallest absolute Gasteiger partial charge is 0.185 e. The van der Waals surface area contributed by atoms with E-state index in [-0.39, 0.29) is 17.3 Å². The predicted octanol–water partition coefficient (Wildman–Crippen LogP) is 4.47. The van der Waals surface area contributed by atoms with E-state index in [1.807, 2.05) is 13.8 Å². The summed E-state index contributed by atoms with van der Waals surface area (Å²) in [6.45, 7) is 7.66. The minimum absolute atomic E-state index is 0.108. The van der Waals surface area contributed by atoms with Crippen molar-refractivity contribution in [2.45, 2.75) is 19.3 Å². The van der Waals surface area contributed by atoms with E-state index in [0.29, 0.717) is 22.4 Å². The molecule has 0 aliphatic rings. The third kappa shape index (κ3) is 3.91. The Morgan fingerprint density at radius 2 is 1.76 bits per heavy atom. The molecule has 0 bridgehead atoms. The number of ether oxygens (including phenoxy) is 1. The molecular weight excluding hydrogens is 316 g/mol. The van der Waals surface area contributed by atoms with Crippen LogP contribution in [0.25, 0.3) is 6.08 Å². The van der Waals surface area contributed by atoms with Crippen molar-refractivity contribution in [3.05, 3.63) is 71.8 Å². The van der Waals surface area contributed by atoms with Crippen molar-refractivity contribution in [3.63, 3.8) is 0 Å². The molecule has 0 heterocycles. The Labute approximate surface area is 147 Å². The fraction of sp³-hybridized carbons (Fsp3) is 0.190. The van der Waals surface area contributed by atoms with Gasteiger partial charge in [0.05, 0.1) is 7.11 Å². The van der Waals surface area contributed by atoms with E-state index < -0.39 is 5.41 Å². The van der Waals surface area contributed by atoms with Gasteiger partial charge in [-0.05, 0) is 48.6 Å². The lowest BCUT2D eigenvalue weighted by atomic mass is 9.82. The van der Waals surface area contributed by atoms with Crippen LogP contribution in [0, 0.1) is 0 Å². The van der Waals surface area contributed by atoms with Gasteiger partial charge in [0.2, 0.25) is 0 Å². The summed E-state index contributed by atoms with van der Waals surface area (Å²) in [5.41, 5.74) is 1.26. The highest BCUT2D eigenvalue weighted by Crippen LogP contribution is 2.41. The van der Waals surface area contributed by atoms with Gasteiger partial charge in [0, 0.05) is 22.1 Å². The lowest BCUT2D eigenvalue weighted by Crippen LogP contribution is -2.15. The lowest BCUT2D eigenvalue weighted by Gasteiger charge is -2.25. The molecule has 25 heavy (non-hydrogen) atoms. The fourth-order valence-corrected chi connectivity index (χ4v) is 2.55. The number of phenols is 2. The zero-order valence-electron chi connectivity index (χ0n) is 14.6. The monoisotopic (exact) mass is 338 g/mol. The van der Waals surface area contributed by atoms with Gasteiger partial charge in [-0.25, -0.2) is 0 Å². The Morgan fingerprint density at radius 1 is 1.12 bits per heavy atom. The first kappa shape index (κ1) is 18.3. The zero-order valence-corrected chi connectivity index (χ0v) is 14.6. The van der Waals surface area contributed by atoms with E-state index in [0.717, 1.165) is 0 Å². The summed E-state index contributed by atoms with van der Waals surface area (Å²) >= 11 is 0. The van der Waals surface area contributed by atoms with Crippen molar-refractivity contribution in [2.24, 2.45) is 0 Å². The van der Waals surface area contributed by atoms with Crippen LogP contribution in [0.15, 0.2) is 55.1 Å². The number of carbonyl (C=O) groups excluding carboxylic acids is 1. The van der Waals surface area contributed by atoms with Gasteiger partial charge in [-0.1, -0.05) is 19.9 Å². The minimum atomic E-state index is -0.500. The van der Waals surface area contributed by atoms with Gasteiger partial charge in [-0.15, -0.1) is 6.58 Å². The highest BCUT2D eigenvalue weighted by molar-refractivity contribution is 6.07. The molecule has 0 aromatic heterocycles. The Bertz CT molecular complexity index is 815. The van der Waals surface area contributed by atoms with Crippen molar-refractivity contribution < 1.29 is 19.7 Å². The van der Waals surface area contributed by atoms with Crippen molar-refractivity contribution in [2.75, 3.05) is 7.11 Å². The summed E-state index contributed by atoms with van der Waals surface area (Å²) in [6.07, 6.45) is 4.82. The molecule has 4 heteroatoms. The molecule has 0 aliphatic carbocycles. The molecule has 0 atom stereocenters. The molecule has 0 saturated carbocycles. The van der Waals surface area contributed by atoms with Crippen molar-refractivity contribution >= 4 is 11.9 Å². The summed E-state index contributed by atoms with van der Waals surface area (Å²) in [4.78, 5) is 12.3. The summed E-state index contributed by atoms with van der Waals surface area (Å²) in [6, 6.07) is 9.32. The number of hydrogen-bond donors (Lipinski definition) is 2. The first-order valence-corrected chi connectivity index (χ1v) is 7.85. The molecule has 0 spiro atoms. The summed E-state index contributed by atoms with van der Waals surface area (Å²) in [7, 11) is 1.52. The number of allylic oxidation sites excluding steroid dienone is 2. The molecule has 4 nitrogen and oxygen atoms in total. The number of rotatable bonds is 6. The number of methoxy groups -OCH3 is 1. The maximum absolute atomic E-state index is 12.3. The summed E-state index contributed by atoms with van der Waals surface area (Å²) in [5.74, 6) is 0.528. The maximum atomic E-state index is 12.3. The average Bonchev–Trinajstić information content (AvgIpc) is 2.60. The molecular formula is C21H22O4. The van der Waals surface area contributed by atoms with E-state index >= 15 is 0 Å². The molecule has 0 fully saturated rings.